The lowest BCUT2D eigenvalue weighted by Gasteiger charge is -2.17. The summed E-state index contributed by atoms with van der Waals surface area (Å²) < 4.78 is 0. The molecular formula is C13H19ClN2. The van der Waals surface area contributed by atoms with Gasteiger partial charge < -0.3 is 0 Å². The van der Waals surface area contributed by atoms with Crippen LogP contribution in [0.1, 0.15) is 42.9 Å². The lowest BCUT2D eigenvalue weighted by atomic mass is 9.99. The summed E-state index contributed by atoms with van der Waals surface area (Å²) in [5, 5.41) is 0.821. The van der Waals surface area contributed by atoms with Crippen molar-refractivity contribution >= 4 is 11.6 Å². The minimum Gasteiger partial charge on any atom is -0.271 e. The Balaban J connectivity index is 2.02. The lowest BCUT2D eigenvalue weighted by molar-refractivity contribution is 0.482. The second-order valence-electron chi connectivity index (χ2n) is 4.75. The van der Waals surface area contributed by atoms with Gasteiger partial charge in [-0.15, -0.1) is 0 Å². The summed E-state index contributed by atoms with van der Waals surface area (Å²) in [6, 6.07) is 6.40. The van der Waals surface area contributed by atoms with Gasteiger partial charge in [-0.25, -0.2) is 0 Å². The van der Waals surface area contributed by atoms with E-state index in [-0.39, 0.29) is 6.04 Å². The van der Waals surface area contributed by atoms with E-state index in [1.165, 1.54) is 24.8 Å². The normalized spacial score (nSPS) is 17.4. The van der Waals surface area contributed by atoms with Gasteiger partial charge in [-0.05, 0) is 42.9 Å². The Kier molecular flexibility index (Phi) is 3.85. The third-order valence-electron chi connectivity index (χ3n) is 3.35. The molecule has 1 saturated carbocycles. The molecule has 0 heterocycles. The summed E-state index contributed by atoms with van der Waals surface area (Å²) in [5.74, 6) is 6.56. The van der Waals surface area contributed by atoms with Crippen LogP contribution in [0.25, 0.3) is 0 Å². The van der Waals surface area contributed by atoms with Gasteiger partial charge in [0.25, 0.3) is 0 Å². The fourth-order valence-corrected chi connectivity index (χ4v) is 2.16. The maximum atomic E-state index is 6.01. The van der Waals surface area contributed by atoms with Crippen molar-refractivity contribution in [2.24, 2.45) is 11.8 Å². The number of benzene rings is 1. The molecule has 16 heavy (non-hydrogen) atoms. The molecule has 1 aliphatic rings. The number of nitrogens with one attached hydrogen (secondary N) is 1. The second-order valence-corrected chi connectivity index (χ2v) is 5.16. The monoisotopic (exact) mass is 238 g/mol. The number of halogens is 1. The van der Waals surface area contributed by atoms with Gasteiger partial charge in [-0.2, -0.15) is 0 Å². The zero-order valence-corrected chi connectivity index (χ0v) is 10.4. The maximum absolute atomic E-state index is 6.01. The van der Waals surface area contributed by atoms with Crippen LogP contribution < -0.4 is 11.3 Å². The Hall–Kier alpha value is -0.570. The molecule has 88 valence electrons. The van der Waals surface area contributed by atoms with E-state index in [0.717, 1.165) is 22.9 Å². The van der Waals surface area contributed by atoms with Crippen LogP contribution in [-0.4, -0.2) is 0 Å². The minimum atomic E-state index is 0.261. The molecule has 1 atom stereocenters. The van der Waals surface area contributed by atoms with Gasteiger partial charge in [0.15, 0.2) is 0 Å². The maximum Gasteiger partial charge on any atom is 0.0460 e. The van der Waals surface area contributed by atoms with E-state index in [2.05, 4.69) is 17.6 Å². The predicted octanol–water partition coefficient (Wildman–Crippen LogP) is 3.34. The molecule has 0 spiro atoms. The van der Waals surface area contributed by atoms with Crippen LogP contribution in [0.3, 0.4) is 0 Å². The molecule has 0 amide bonds. The highest BCUT2D eigenvalue weighted by atomic mass is 35.5. The Labute approximate surface area is 102 Å². The Morgan fingerprint density at radius 1 is 1.50 bits per heavy atom. The first-order valence-electron chi connectivity index (χ1n) is 5.93. The lowest BCUT2D eigenvalue weighted by Crippen LogP contribution is -2.28. The van der Waals surface area contributed by atoms with Crippen LogP contribution in [-0.2, 0) is 0 Å². The summed E-state index contributed by atoms with van der Waals surface area (Å²) in [6.45, 7) is 2.03. The number of hydrazine groups is 1. The molecule has 2 rings (SSSR count). The van der Waals surface area contributed by atoms with Crippen molar-refractivity contribution in [3.63, 3.8) is 0 Å². The van der Waals surface area contributed by atoms with Crippen LogP contribution >= 0.6 is 11.6 Å². The van der Waals surface area contributed by atoms with Crippen molar-refractivity contribution in [1.29, 1.82) is 0 Å². The number of rotatable bonds is 5. The van der Waals surface area contributed by atoms with Gasteiger partial charge in [-0.1, -0.05) is 36.6 Å². The van der Waals surface area contributed by atoms with Crippen LogP contribution in [0, 0.1) is 12.8 Å². The molecule has 0 aliphatic heterocycles. The average Bonchev–Trinajstić information content (AvgIpc) is 3.08. The highest BCUT2D eigenvalue weighted by molar-refractivity contribution is 6.31. The number of hydrogen-bond donors (Lipinski definition) is 2. The zero-order valence-electron chi connectivity index (χ0n) is 9.67. The van der Waals surface area contributed by atoms with E-state index in [0.29, 0.717) is 0 Å². The molecular weight excluding hydrogens is 220 g/mol. The van der Waals surface area contributed by atoms with Crippen LogP contribution in [0.15, 0.2) is 18.2 Å². The molecule has 0 aromatic heterocycles. The highest BCUT2D eigenvalue weighted by Crippen LogP contribution is 2.36. The SMILES string of the molecule is Cc1cc(C(CCC2CC2)NN)ccc1Cl. The minimum absolute atomic E-state index is 0.261. The Morgan fingerprint density at radius 2 is 2.25 bits per heavy atom. The third-order valence-corrected chi connectivity index (χ3v) is 3.77. The Morgan fingerprint density at radius 3 is 2.81 bits per heavy atom. The number of hydrogen-bond acceptors (Lipinski definition) is 2. The van der Waals surface area contributed by atoms with Gasteiger partial charge >= 0.3 is 0 Å². The molecule has 2 nitrogen and oxygen atoms in total. The highest BCUT2D eigenvalue weighted by Gasteiger charge is 2.22. The summed E-state index contributed by atoms with van der Waals surface area (Å²) in [4.78, 5) is 0. The molecule has 1 aromatic carbocycles. The van der Waals surface area contributed by atoms with Gasteiger partial charge in [0.1, 0.15) is 0 Å². The first-order chi connectivity index (χ1) is 7.70. The Bertz CT molecular complexity index is 361. The van der Waals surface area contributed by atoms with Gasteiger partial charge in [0, 0.05) is 11.1 Å². The zero-order chi connectivity index (χ0) is 11.5. The van der Waals surface area contributed by atoms with E-state index in [9.17, 15) is 0 Å². The van der Waals surface area contributed by atoms with Crippen LogP contribution in [0.2, 0.25) is 5.02 Å². The first-order valence-corrected chi connectivity index (χ1v) is 6.30. The van der Waals surface area contributed by atoms with Crippen molar-refractivity contribution in [1.82, 2.24) is 5.43 Å². The van der Waals surface area contributed by atoms with Crippen molar-refractivity contribution in [3.05, 3.63) is 34.3 Å². The van der Waals surface area contributed by atoms with Crippen molar-refractivity contribution in [2.75, 3.05) is 0 Å². The molecule has 1 unspecified atom stereocenters. The van der Waals surface area contributed by atoms with Crippen LogP contribution in [0.4, 0.5) is 0 Å². The average molecular weight is 239 g/mol. The topological polar surface area (TPSA) is 38.0 Å². The summed E-state index contributed by atoms with van der Waals surface area (Å²) >= 11 is 6.01. The molecule has 0 radical (unpaired) electrons. The molecule has 1 aliphatic carbocycles. The first kappa shape index (κ1) is 11.9. The molecule has 1 fully saturated rings. The fraction of sp³-hybridized carbons (Fsp3) is 0.538. The summed E-state index contributed by atoms with van der Waals surface area (Å²) in [7, 11) is 0. The van der Waals surface area contributed by atoms with E-state index in [1.807, 2.05) is 13.0 Å². The second kappa shape index (κ2) is 5.17. The standard InChI is InChI=1S/C13H19ClN2/c1-9-8-11(5-6-12(9)14)13(16-15)7-4-10-2-3-10/h5-6,8,10,13,16H,2-4,7,15H2,1H3. The molecule has 0 saturated heterocycles. The number of nitrogens with two attached hydrogens (primary N) is 1. The predicted molar refractivity (Wildman–Crippen MR) is 68.2 cm³/mol. The summed E-state index contributed by atoms with van der Waals surface area (Å²) in [6.07, 6.45) is 5.19. The van der Waals surface area contributed by atoms with E-state index in [1.54, 1.807) is 0 Å². The quantitative estimate of drug-likeness (QED) is 0.610. The molecule has 1 aromatic rings. The van der Waals surface area contributed by atoms with Crippen molar-refractivity contribution < 1.29 is 0 Å². The molecule has 3 heteroatoms. The third kappa shape index (κ3) is 2.97. The summed E-state index contributed by atoms with van der Waals surface area (Å²) in [5.41, 5.74) is 5.26. The van der Waals surface area contributed by atoms with Gasteiger partial charge in [-0.3, -0.25) is 11.3 Å². The van der Waals surface area contributed by atoms with Crippen LogP contribution in [0.5, 0.6) is 0 Å². The smallest absolute Gasteiger partial charge is 0.0460 e. The fourth-order valence-electron chi connectivity index (χ4n) is 2.04. The van der Waals surface area contributed by atoms with Gasteiger partial charge in [0.2, 0.25) is 0 Å². The van der Waals surface area contributed by atoms with E-state index < -0.39 is 0 Å². The molecule has 3 N–H and O–H groups in total. The molecule has 0 bridgehead atoms. The van der Waals surface area contributed by atoms with Gasteiger partial charge in [0.05, 0.1) is 0 Å². The van der Waals surface area contributed by atoms with Crippen molar-refractivity contribution in [2.45, 2.75) is 38.6 Å². The number of aryl methyl sites for hydroxylation is 1. The van der Waals surface area contributed by atoms with Crippen molar-refractivity contribution in [3.8, 4) is 0 Å². The van der Waals surface area contributed by atoms with E-state index >= 15 is 0 Å². The van der Waals surface area contributed by atoms with E-state index in [4.69, 9.17) is 17.4 Å². The largest absolute Gasteiger partial charge is 0.271 e.